The molecule has 0 bridgehead atoms. The minimum Gasteiger partial charge on any atom is -0.458 e. The van der Waals surface area contributed by atoms with Gasteiger partial charge in [-0.25, -0.2) is 31.9 Å². The summed E-state index contributed by atoms with van der Waals surface area (Å²) in [6.07, 6.45) is 7.80. The predicted octanol–water partition coefficient (Wildman–Crippen LogP) is 5.37. The second-order valence-electron chi connectivity index (χ2n) is 10.6. The van der Waals surface area contributed by atoms with Gasteiger partial charge < -0.3 is 14.2 Å². The lowest BCUT2D eigenvalue weighted by molar-refractivity contribution is -0.203. The molecule has 0 amide bonds. The van der Waals surface area contributed by atoms with Crippen LogP contribution in [0.5, 0.6) is 0 Å². The first kappa shape index (κ1) is 32.2. The van der Waals surface area contributed by atoms with E-state index in [0.29, 0.717) is 47.5 Å². The standard InChI is InChI=1S/C31H37FN4O6S/c1-6-16-40-27-18-25(42-30(37)22-8-7-15-33-19-22)17-24(41-27)13-14-26-28(20(2)3)34-31(36(4)43(5,38)39)35-29(26)21-9-11-23(32)12-10-21/h7-15,19-20,24-25,27H,6,16-18H2,1-5H3. The summed E-state index contributed by atoms with van der Waals surface area (Å²) in [6, 6.07) is 9.13. The Balaban J connectivity index is 1.71. The highest BCUT2D eigenvalue weighted by molar-refractivity contribution is 7.92. The first-order chi connectivity index (χ1) is 20.5. The number of carbonyl (C=O) groups is 1. The number of aromatic nitrogens is 3. The van der Waals surface area contributed by atoms with E-state index in [2.05, 4.69) is 15.0 Å². The van der Waals surface area contributed by atoms with Crippen LogP contribution < -0.4 is 4.31 Å². The molecule has 43 heavy (non-hydrogen) atoms. The lowest BCUT2D eigenvalue weighted by Crippen LogP contribution is -2.38. The average Bonchev–Trinajstić information content (AvgIpc) is 2.98. The van der Waals surface area contributed by atoms with Gasteiger partial charge in [-0.05, 0) is 48.7 Å². The van der Waals surface area contributed by atoms with Crippen molar-refractivity contribution < 1.29 is 31.8 Å². The number of carbonyl (C=O) groups excluding carboxylic acids is 1. The van der Waals surface area contributed by atoms with Crippen LogP contribution in [0, 0.1) is 5.82 Å². The Labute approximate surface area is 252 Å². The summed E-state index contributed by atoms with van der Waals surface area (Å²) in [5.41, 5.74) is 2.62. The summed E-state index contributed by atoms with van der Waals surface area (Å²) in [4.78, 5) is 26.0. The van der Waals surface area contributed by atoms with Crippen LogP contribution in [0.2, 0.25) is 0 Å². The third-order valence-corrected chi connectivity index (χ3v) is 8.00. The number of esters is 1. The first-order valence-electron chi connectivity index (χ1n) is 14.1. The number of halogens is 1. The van der Waals surface area contributed by atoms with Crippen LogP contribution in [0.1, 0.15) is 67.6 Å². The van der Waals surface area contributed by atoms with Gasteiger partial charge in [0, 0.05) is 50.0 Å². The normalized spacial score (nSPS) is 19.1. The largest absolute Gasteiger partial charge is 0.458 e. The SMILES string of the molecule is CCCOC1CC(OC(=O)c2cccnc2)CC(C=Cc2c(-c3ccc(F)cc3)nc(N(C)S(C)(=O)=O)nc2C(C)C)O1. The third kappa shape index (κ3) is 8.43. The number of anilines is 1. The number of rotatable bonds is 11. The fourth-order valence-electron chi connectivity index (χ4n) is 4.56. The second kappa shape index (κ2) is 14.2. The van der Waals surface area contributed by atoms with E-state index in [1.165, 1.54) is 25.4 Å². The summed E-state index contributed by atoms with van der Waals surface area (Å²) in [5, 5.41) is 0. The number of sulfonamides is 1. The molecule has 12 heteroatoms. The van der Waals surface area contributed by atoms with Crippen molar-refractivity contribution in [2.75, 3.05) is 24.2 Å². The molecule has 1 saturated heterocycles. The Hall–Kier alpha value is -3.74. The van der Waals surface area contributed by atoms with Gasteiger partial charge in [0.2, 0.25) is 16.0 Å². The van der Waals surface area contributed by atoms with Gasteiger partial charge in [0.15, 0.2) is 6.29 Å². The predicted molar refractivity (Wildman–Crippen MR) is 161 cm³/mol. The number of benzene rings is 1. The molecule has 4 rings (SSSR count). The lowest BCUT2D eigenvalue weighted by Gasteiger charge is -2.33. The number of nitrogens with zero attached hydrogens (tertiary/aromatic N) is 4. The van der Waals surface area contributed by atoms with E-state index in [-0.39, 0.29) is 11.9 Å². The Kier molecular flexibility index (Phi) is 10.6. The molecule has 0 radical (unpaired) electrons. The van der Waals surface area contributed by atoms with Gasteiger partial charge >= 0.3 is 5.97 Å². The van der Waals surface area contributed by atoms with Gasteiger partial charge in [-0.1, -0.05) is 32.9 Å². The molecule has 1 fully saturated rings. The minimum absolute atomic E-state index is 0.00648. The van der Waals surface area contributed by atoms with Crippen molar-refractivity contribution in [1.82, 2.24) is 15.0 Å². The van der Waals surface area contributed by atoms with Crippen molar-refractivity contribution in [3.63, 3.8) is 0 Å². The van der Waals surface area contributed by atoms with Crippen LogP contribution in [0.4, 0.5) is 10.3 Å². The molecular weight excluding hydrogens is 575 g/mol. The van der Waals surface area contributed by atoms with Gasteiger partial charge in [-0.3, -0.25) is 4.98 Å². The quantitative estimate of drug-likeness (QED) is 0.263. The van der Waals surface area contributed by atoms with Crippen molar-refractivity contribution in [1.29, 1.82) is 0 Å². The molecule has 0 aliphatic carbocycles. The molecular formula is C31H37FN4O6S. The fraction of sp³-hybridized carbons (Fsp3) is 0.419. The number of hydrogen-bond acceptors (Lipinski definition) is 9. The fourth-order valence-corrected chi connectivity index (χ4v) is 4.93. The van der Waals surface area contributed by atoms with E-state index in [4.69, 9.17) is 14.2 Å². The van der Waals surface area contributed by atoms with Crippen molar-refractivity contribution in [2.24, 2.45) is 0 Å². The van der Waals surface area contributed by atoms with Crippen molar-refractivity contribution >= 4 is 28.0 Å². The topological polar surface area (TPSA) is 121 Å². The minimum atomic E-state index is -3.65. The molecule has 3 aromatic rings. The average molecular weight is 613 g/mol. The molecule has 1 aromatic carbocycles. The molecule has 0 saturated carbocycles. The maximum absolute atomic E-state index is 13.8. The molecule has 1 aliphatic rings. The Morgan fingerprint density at radius 2 is 1.93 bits per heavy atom. The van der Waals surface area contributed by atoms with Crippen LogP contribution in [0.15, 0.2) is 54.9 Å². The summed E-state index contributed by atoms with van der Waals surface area (Å²) in [7, 11) is -2.26. The van der Waals surface area contributed by atoms with E-state index in [1.807, 2.05) is 32.9 Å². The molecule has 3 heterocycles. The summed E-state index contributed by atoms with van der Waals surface area (Å²) in [5.74, 6) is -0.994. The van der Waals surface area contributed by atoms with Gasteiger partial charge in [0.25, 0.3) is 0 Å². The molecule has 0 N–H and O–H groups in total. The van der Waals surface area contributed by atoms with Gasteiger partial charge in [-0.15, -0.1) is 0 Å². The van der Waals surface area contributed by atoms with Gasteiger partial charge in [0.05, 0.1) is 29.3 Å². The van der Waals surface area contributed by atoms with E-state index in [9.17, 15) is 17.6 Å². The van der Waals surface area contributed by atoms with E-state index < -0.39 is 40.3 Å². The Morgan fingerprint density at radius 3 is 2.56 bits per heavy atom. The number of pyridine rings is 1. The first-order valence-corrected chi connectivity index (χ1v) is 16.0. The summed E-state index contributed by atoms with van der Waals surface area (Å²) in [6.45, 7) is 6.37. The van der Waals surface area contributed by atoms with E-state index in [1.54, 1.807) is 30.5 Å². The Bertz CT molecular complexity index is 1530. The van der Waals surface area contributed by atoms with Crippen LogP contribution in [-0.2, 0) is 24.2 Å². The zero-order valence-corrected chi connectivity index (χ0v) is 25.8. The van der Waals surface area contributed by atoms with Crippen molar-refractivity contribution in [3.05, 3.63) is 77.5 Å². The van der Waals surface area contributed by atoms with Crippen LogP contribution >= 0.6 is 0 Å². The van der Waals surface area contributed by atoms with Crippen molar-refractivity contribution in [3.8, 4) is 11.3 Å². The highest BCUT2D eigenvalue weighted by Gasteiger charge is 2.32. The smallest absolute Gasteiger partial charge is 0.339 e. The number of ether oxygens (including phenoxy) is 3. The van der Waals surface area contributed by atoms with Gasteiger partial charge in [-0.2, -0.15) is 0 Å². The Morgan fingerprint density at radius 1 is 1.19 bits per heavy atom. The maximum atomic E-state index is 13.8. The zero-order valence-electron chi connectivity index (χ0n) is 24.9. The van der Waals surface area contributed by atoms with Crippen molar-refractivity contribution in [2.45, 2.75) is 64.4 Å². The molecule has 10 nitrogen and oxygen atoms in total. The maximum Gasteiger partial charge on any atom is 0.339 e. The summed E-state index contributed by atoms with van der Waals surface area (Å²) < 4.78 is 57.4. The van der Waals surface area contributed by atoms with Gasteiger partial charge in [0.1, 0.15) is 11.9 Å². The molecule has 2 aromatic heterocycles. The molecule has 3 unspecified atom stereocenters. The molecule has 230 valence electrons. The van der Waals surface area contributed by atoms with Crippen LogP contribution in [0.3, 0.4) is 0 Å². The highest BCUT2D eigenvalue weighted by Crippen LogP contribution is 2.33. The van der Waals surface area contributed by atoms with E-state index in [0.717, 1.165) is 17.0 Å². The van der Waals surface area contributed by atoms with Crippen LogP contribution in [-0.4, -0.2) is 67.7 Å². The molecule has 0 spiro atoms. The molecule has 3 atom stereocenters. The monoisotopic (exact) mass is 612 g/mol. The van der Waals surface area contributed by atoms with Crippen LogP contribution in [0.25, 0.3) is 17.3 Å². The summed E-state index contributed by atoms with van der Waals surface area (Å²) >= 11 is 0. The zero-order chi connectivity index (χ0) is 31.1. The molecule has 1 aliphatic heterocycles. The second-order valence-corrected chi connectivity index (χ2v) is 12.7. The highest BCUT2D eigenvalue weighted by atomic mass is 32.2. The number of hydrogen-bond donors (Lipinski definition) is 0. The van der Waals surface area contributed by atoms with E-state index >= 15 is 0 Å². The lowest BCUT2D eigenvalue weighted by atomic mass is 9.96. The third-order valence-electron chi connectivity index (χ3n) is 6.84.